The van der Waals surface area contributed by atoms with Crippen molar-refractivity contribution >= 4 is 11.8 Å². The van der Waals surface area contributed by atoms with Crippen LogP contribution in [0.2, 0.25) is 0 Å². The monoisotopic (exact) mass is 420 g/mol. The number of hydrogen-bond donors (Lipinski definition) is 0. The summed E-state index contributed by atoms with van der Waals surface area (Å²) in [5.74, 6) is -0.307. The van der Waals surface area contributed by atoms with Crippen LogP contribution in [0.4, 0.5) is 0 Å². The van der Waals surface area contributed by atoms with Crippen molar-refractivity contribution in [3.63, 3.8) is 0 Å². The first-order valence-electron chi connectivity index (χ1n) is 10.1. The van der Waals surface area contributed by atoms with Crippen LogP contribution in [0, 0.1) is 0 Å². The first-order valence-corrected chi connectivity index (χ1v) is 10.1. The summed E-state index contributed by atoms with van der Waals surface area (Å²) in [6.07, 6.45) is 5.99. The number of hydrogen-bond acceptors (Lipinski definition) is 6. The van der Waals surface area contributed by atoms with Gasteiger partial charge in [-0.05, 0) is 17.2 Å². The lowest BCUT2D eigenvalue weighted by molar-refractivity contribution is -0.139. The van der Waals surface area contributed by atoms with Crippen LogP contribution in [-0.2, 0) is 34.0 Å². The van der Waals surface area contributed by atoms with Gasteiger partial charge in [-0.15, -0.1) is 0 Å². The van der Waals surface area contributed by atoms with Crippen molar-refractivity contribution < 1.29 is 14.3 Å². The molecule has 0 bridgehead atoms. The maximum atomic E-state index is 13.0. The molecule has 0 spiro atoms. The van der Waals surface area contributed by atoms with Gasteiger partial charge in [-0.1, -0.05) is 36.4 Å². The molecule has 2 amide bonds. The van der Waals surface area contributed by atoms with Crippen LogP contribution in [0.3, 0.4) is 0 Å². The predicted molar refractivity (Wildman–Crippen MR) is 111 cm³/mol. The predicted octanol–water partition coefficient (Wildman–Crippen LogP) is 1.13. The molecule has 0 aliphatic carbocycles. The van der Waals surface area contributed by atoms with Crippen LogP contribution < -0.4 is 0 Å². The summed E-state index contributed by atoms with van der Waals surface area (Å²) in [6, 6.07) is 13.6. The van der Waals surface area contributed by atoms with E-state index in [1.165, 1.54) is 17.3 Å². The molecule has 160 valence electrons. The Hall–Kier alpha value is -3.59. The molecular formula is C22H24N6O3. The second-order valence-corrected chi connectivity index (χ2v) is 7.42. The normalized spacial score (nSPS) is 16.9. The van der Waals surface area contributed by atoms with Crippen molar-refractivity contribution in [1.29, 1.82) is 0 Å². The highest BCUT2D eigenvalue weighted by Crippen LogP contribution is 2.14. The standard InChI is InChI=1S/C22H24N6O3/c29-21-13-27(22(30)14-28-17-24-16-25-28)12-20(31-15-19-7-4-8-23-9-19)11-26(21)10-18-5-2-1-3-6-18/h1-9,16-17,20H,10-15H2/t20-/m0/s1. The van der Waals surface area contributed by atoms with Gasteiger partial charge >= 0.3 is 0 Å². The summed E-state index contributed by atoms with van der Waals surface area (Å²) in [4.78, 5) is 37.1. The molecule has 1 saturated heterocycles. The van der Waals surface area contributed by atoms with Gasteiger partial charge in [0.25, 0.3) is 0 Å². The zero-order valence-corrected chi connectivity index (χ0v) is 17.1. The van der Waals surface area contributed by atoms with Crippen molar-refractivity contribution in [3.05, 3.63) is 78.6 Å². The minimum Gasteiger partial charge on any atom is -0.370 e. The molecule has 31 heavy (non-hydrogen) atoms. The second kappa shape index (κ2) is 9.94. The van der Waals surface area contributed by atoms with Gasteiger partial charge in [-0.25, -0.2) is 9.67 Å². The van der Waals surface area contributed by atoms with Crippen LogP contribution in [0.5, 0.6) is 0 Å². The molecular weight excluding hydrogens is 396 g/mol. The summed E-state index contributed by atoms with van der Waals surface area (Å²) in [6.45, 7) is 1.59. The fourth-order valence-electron chi connectivity index (χ4n) is 3.48. The zero-order valence-electron chi connectivity index (χ0n) is 17.1. The van der Waals surface area contributed by atoms with Crippen molar-refractivity contribution in [2.75, 3.05) is 19.6 Å². The molecule has 9 heteroatoms. The Morgan fingerprint density at radius 1 is 1.06 bits per heavy atom. The number of carbonyl (C=O) groups is 2. The first kappa shape index (κ1) is 20.7. The molecule has 2 aromatic heterocycles. The lowest BCUT2D eigenvalue weighted by Gasteiger charge is -2.25. The van der Waals surface area contributed by atoms with Gasteiger partial charge in [-0.2, -0.15) is 5.10 Å². The highest BCUT2D eigenvalue weighted by atomic mass is 16.5. The molecule has 4 rings (SSSR count). The van der Waals surface area contributed by atoms with E-state index in [0.29, 0.717) is 26.2 Å². The fraction of sp³-hybridized carbons (Fsp3) is 0.318. The molecule has 3 heterocycles. The Labute approximate surface area is 180 Å². The molecule has 1 aromatic carbocycles. The molecule has 0 N–H and O–H groups in total. The van der Waals surface area contributed by atoms with Gasteiger partial charge < -0.3 is 14.5 Å². The van der Waals surface area contributed by atoms with Crippen LogP contribution in [0.15, 0.2) is 67.5 Å². The zero-order chi connectivity index (χ0) is 21.5. The third-order valence-electron chi connectivity index (χ3n) is 5.07. The number of carbonyl (C=O) groups excluding carboxylic acids is 2. The SMILES string of the molecule is O=C(Cn1cncn1)N1CC(=O)N(Cc2ccccc2)C[C@H](OCc2cccnc2)C1. The number of benzene rings is 1. The van der Waals surface area contributed by atoms with E-state index in [1.54, 1.807) is 22.2 Å². The maximum Gasteiger partial charge on any atom is 0.244 e. The van der Waals surface area contributed by atoms with E-state index in [4.69, 9.17) is 4.74 Å². The number of ether oxygens (including phenoxy) is 1. The van der Waals surface area contributed by atoms with E-state index >= 15 is 0 Å². The van der Waals surface area contributed by atoms with Gasteiger partial charge in [0, 0.05) is 32.0 Å². The largest absolute Gasteiger partial charge is 0.370 e. The molecule has 0 radical (unpaired) electrons. The van der Waals surface area contributed by atoms with Gasteiger partial charge in [0.2, 0.25) is 11.8 Å². The Balaban J connectivity index is 1.48. The second-order valence-electron chi connectivity index (χ2n) is 7.42. The third-order valence-corrected chi connectivity index (χ3v) is 5.07. The van der Waals surface area contributed by atoms with Gasteiger partial charge in [-0.3, -0.25) is 14.6 Å². The smallest absolute Gasteiger partial charge is 0.244 e. The Morgan fingerprint density at radius 2 is 1.90 bits per heavy atom. The van der Waals surface area contributed by atoms with Crippen molar-refractivity contribution in [2.24, 2.45) is 0 Å². The Morgan fingerprint density at radius 3 is 2.65 bits per heavy atom. The molecule has 9 nitrogen and oxygen atoms in total. The first-order chi connectivity index (χ1) is 15.2. The summed E-state index contributed by atoms with van der Waals surface area (Å²) < 4.78 is 7.57. The molecule has 0 saturated carbocycles. The number of aromatic nitrogens is 4. The molecule has 1 fully saturated rings. The molecule has 0 unspecified atom stereocenters. The highest BCUT2D eigenvalue weighted by molar-refractivity contribution is 5.85. The van der Waals surface area contributed by atoms with Crippen LogP contribution >= 0.6 is 0 Å². The van der Waals surface area contributed by atoms with Crippen molar-refractivity contribution in [2.45, 2.75) is 25.8 Å². The summed E-state index contributed by atoms with van der Waals surface area (Å²) in [7, 11) is 0. The molecule has 1 atom stereocenters. The minimum absolute atomic E-state index is 0.00706. The number of rotatable bonds is 7. The quantitative estimate of drug-likeness (QED) is 0.569. The third kappa shape index (κ3) is 5.73. The van der Waals surface area contributed by atoms with Gasteiger partial charge in [0.15, 0.2) is 0 Å². The van der Waals surface area contributed by atoms with Gasteiger partial charge in [0.1, 0.15) is 19.2 Å². The summed E-state index contributed by atoms with van der Waals surface area (Å²) in [5, 5.41) is 3.98. The lowest BCUT2D eigenvalue weighted by Crippen LogP contribution is -2.41. The van der Waals surface area contributed by atoms with Crippen LogP contribution in [0.1, 0.15) is 11.1 Å². The molecule has 1 aliphatic heterocycles. The fourth-order valence-corrected chi connectivity index (χ4v) is 3.48. The van der Waals surface area contributed by atoms with E-state index < -0.39 is 0 Å². The van der Waals surface area contributed by atoms with E-state index in [0.717, 1.165) is 11.1 Å². The highest BCUT2D eigenvalue weighted by Gasteiger charge is 2.31. The topological polar surface area (TPSA) is 93.5 Å². The number of nitrogens with zero attached hydrogens (tertiary/aromatic N) is 6. The molecule has 3 aromatic rings. The average Bonchev–Trinajstić information content (AvgIpc) is 3.25. The lowest BCUT2D eigenvalue weighted by atomic mass is 10.2. The summed E-state index contributed by atoms with van der Waals surface area (Å²) >= 11 is 0. The Kier molecular flexibility index (Phi) is 6.63. The van der Waals surface area contributed by atoms with E-state index in [1.807, 2.05) is 42.5 Å². The van der Waals surface area contributed by atoms with Crippen molar-refractivity contribution in [3.8, 4) is 0 Å². The maximum absolute atomic E-state index is 13.0. The van der Waals surface area contributed by atoms with Crippen LogP contribution in [0.25, 0.3) is 0 Å². The van der Waals surface area contributed by atoms with E-state index in [2.05, 4.69) is 15.1 Å². The minimum atomic E-state index is -0.324. The number of amides is 2. The summed E-state index contributed by atoms with van der Waals surface area (Å²) in [5.41, 5.74) is 1.97. The Bertz CT molecular complexity index is 981. The number of pyridine rings is 1. The average molecular weight is 420 g/mol. The van der Waals surface area contributed by atoms with E-state index in [9.17, 15) is 9.59 Å². The van der Waals surface area contributed by atoms with Gasteiger partial charge in [0.05, 0.1) is 19.3 Å². The molecule has 1 aliphatic rings. The van der Waals surface area contributed by atoms with Crippen molar-refractivity contribution in [1.82, 2.24) is 29.5 Å². The van der Waals surface area contributed by atoms with Crippen LogP contribution in [-0.4, -0.2) is 67.1 Å². The van der Waals surface area contributed by atoms with E-state index in [-0.39, 0.29) is 31.0 Å².